The number of nitrogens with zero attached hydrogens (tertiary/aromatic N) is 3. The van der Waals surface area contributed by atoms with Crippen molar-refractivity contribution in [3.05, 3.63) is 51.3 Å². The molecule has 36 heavy (non-hydrogen) atoms. The van der Waals surface area contributed by atoms with Crippen molar-refractivity contribution in [1.29, 1.82) is 0 Å². The number of aromatic nitrogens is 2. The second-order valence-electron chi connectivity index (χ2n) is 9.47. The summed E-state index contributed by atoms with van der Waals surface area (Å²) in [5.74, 6) is -1.05. The fourth-order valence-electron chi connectivity index (χ4n) is 3.22. The van der Waals surface area contributed by atoms with E-state index in [4.69, 9.17) is 16.3 Å². The topological polar surface area (TPSA) is 111 Å². The van der Waals surface area contributed by atoms with Crippen LogP contribution in [0.4, 0.5) is 11.8 Å². The Balaban J connectivity index is 2.14. The number of carbonyl (C=O) groups is 2. The Labute approximate surface area is 220 Å². The van der Waals surface area contributed by atoms with Crippen molar-refractivity contribution in [2.24, 2.45) is 0 Å². The lowest BCUT2D eigenvalue weighted by atomic mass is 10.2. The highest BCUT2D eigenvalue weighted by molar-refractivity contribution is 7.92. The van der Waals surface area contributed by atoms with Gasteiger partial charge in [-0.3, -0.25) is 9.36 Å². The zero-order chi connectivity index (χ0) is 27.0. The van der Waals surface area contributed by atoms with Gasteiger partial charge in [0.1, 0.15) is 10.5 Å². The second-order valence-corrected chi connectivity index (χ2v) is 13.2. The summed E-state index contributed by atoms with van der Waals surface area (Å²) in [4.78, 5) is 32.7. The van der Waals surface area contributed by atoms with E-state index in [1.807, 2.05) is 18.2 Å². The first-order valence-electron chi connectivity index (χ1n) is 11.1. The van der Waals surface area contributed by atoms with E-state index in [2.05, 4.69) is 10.3 Å². The van der Waals surface area contributed by atoms with Crippen LogP contribution in [0.1, 0.15) is 54.8 Å². The molecule has 194 valence electrons. The minimum absolute atomic E-state index is 0.00769. The van der Waals surface area contributed by atoms with Crippen LogP contribution in [0.25, 0.3) is 5.69 Å². The van der Waals surface area contributed by atoms with E-state index in [1.54, 1.807) is 56.5 Å². The van der Waals surface area contributed by atoms with Crippen LogP contribution in [0.5, 0.6) is 0 Å². The number of sulfone groups is 1. The number of rotatable bonds is 7. The molecule has 0 spiro atoms. The van der Waals surface area contributed by atoms with Gasteiger partial charge in [-0.2, -0.15) is 4.98 Å². The Morgan fingerprint density at radius 3 is 2.31 bits per heavy atom. The van der Waals surface area contributed by atoms with Crippen LogP contribution in [-0.4, -0.2) is 54.8 Å². The predicted octanol–water partition coefficient (Wildman–Crippen LogP) is 5.04. The minimum atomic E-state index is -3.69. The molecule has 12 heteroatoms. The highest BCUT2D eigenvalue weighted by atomic mass is 35.5. The fourth-order valence-corrected chi connectivity index (χ4v) is 6.20. The molecule has 0 aliphatic carbocycles. The number of nitrogens with one attached hydrogen (secondary N) is 1. The Hall–Kier alpha value is -2.89. The molecule has 0 radical (unpaired) electrons. The number of anilines is 2. The molecule has 1 amide bonds. The molecule has 0 bridgehead atoms. The molecule has 3 aromatic rings. The summed E-state index contributed by atoms with van der Waals surface area (Å²) >= 11 is 7.23. The van der Waals surface area contributed by atoms with E-state index in [9.17, 15) is 18.0 Å². The lowest BCUT2D eigenvalue weighted by molar-refractivity contribution is 0.00619. The molecule has 0 aliphatic rings. The molecule has 0 atom stereocenters. The molecule has 0 unspecified atom stereocenters. The number of ether oxygens (including phenoxy) is 1. The first-order valence-corrected chi connectivity index (χ1v) is 13.9. The number of thiophene rings is 1. The van der Waals surface area contributed by atoms with Gasteiger partial charge in [0.2, 0.25) is 5.95 Å². The van der Waals surface area contributed by atoms with Gasteiger partial charge in [0.15, 0.2) is 21.3 Å². The number of hydrogen-bond acceptors (Lipinski definition) is 8. The number of hydrogen-bond donors (Lipinski definition) is 1. The van der Waals surface area contributed by atoms with Gasteiger partial charge >= 0.3 is 5.97 Å². The van der Waals surface area contributed by atoms with E-state index in [1.165, 1.54) is 19.2 Å². The van der Waals surface area contributed by atoms with Crippen molar-refractivity contribution < 1.29 is 22.7 Å². The standard InChI is InChI=1S/C24H29ClN4O5S2/c1-14(2)36(32,33)16-13-35-19(17(16)25)21(30)26-20-18(22(31)34-24(3,4)5)29(23(27-20)28(6)7)15-11-9-8-10-12-15/h8-14H,1-7H3,(H,26,30). The molecule has 1 aromatic carbocycles. The summed E-state index contributed by atoms with van der Waals surface area (Å²) < 4.78 is 32.4. The first-order chi connectivity index (χ1) is 16.6. The smallest absolute Gasteiger partial charge is 0.359 e. The van der Waals surface area contributed by atoms with Crippen LogP contribution in [0, 0.1) is 0 Å². The van der Waals surface area contributed by atoms with Gasteiger partial charge < -0.3 is 15.0 Å². The predicted molar refractivity (Wildman–Crippen MR) is 143 cm³/mol. The number of benzene rings is 1. The summed E-state index contributed by atoms with van der Waals surface area (Å²) in [5.41, 5.74) is -0.162. The van der Waals surface area contributed by atoms with E-state index in [-0.39, 0.29) is 26.3 Å². The third-order valence-electron chi connectivity index (χ3n) is 4.93. The van der Waals surface area contributed by atoms with Crippen LogP contribution in [0.3, 0.4) is 0 Å². The molecule has 0 aliphatic heterocycles. The number of para-hydroxylation sites is 1. The number of esters is 1. The van der Waals surface area contributed by atoms with Crippen LogP contribution >= 0.6 is 22.9 Å². The normalized spacial score (nSPS) is 12.0. The molecule has 0 saturated heterocycles. The van der Waals surface area contributed by atoms with Crippen molar-refractivity contribution in [1.82, 2.24) is 9.55 Å². The van der Waals surface area contributed by atoms with Gasteiger partial charge in [0, 0.05) is 25.2 Å². The lowest BCUT2D eigenvalue weighted by Gasteiger charge is -2.21. The van der Waals surface area contributed by atoms with Crippen molar-refractivity contribution in [2.45, 2.75) is 50.4 Å². The number of halogens is 1. The third kappa shape index (κ3) is 5.58. The van der Waals surface area contributed by atoms with Gasteiger partial charge in [0.25, 0.3) is 5.91 Å². The summed E-state index contributed by atoms with van der Waals surface area (Å²) in [7, 11) is -0.176. The summed E-state index contributed by atoms with van der Waals surface area (Å²) in [6.45, 7) is 8.29. The SMILES string of the molecule is CC(C)S(=O)(=O)c1csc(C(=O)Nc2nc(N(C)C)n(-c3ccccc3)c2C(=O)OC(C)(C)C)c1Cl. The number of imidazole rings is 1. The zero-order valence-corrected chi connectivity index (χ0v) is 23.5. The monoisotopic (exact) mass is 552 g/mol. The average molecular weight is 553 g/mol. The Morgan fingerprint density at radius 1 is 1.17 bits per heavy atom. The van der Waals surface area contributed by atoms with Gasteiger partial charge in [-0.25, -0.2) is 13.2 Å². The molecule has 0 saturated carbocycles. The van der Waals surface area contributed by atoms with E-state index in [0.29, 0.717) is 11.6 Å². The molecule has 3 rings (SSSR count). The van der Waals surface area contributed by atoms with Crippen molar-refractivity contribution in [2.75, 3.05) is 24.3 Å². The fraction of sp³-hybridized carbons (Fsp3) is 0.375. The van der Waals surface area contributed by atoms with Crippen LogP contribution in [-0.2, 0) is 14.6 Å². The van der Waals surface area contributed by atoms with Crippen molar-refractivity contribution >= 4 is 56.4 Å². The van der Waals surface area contributed by atoms with Crippen molar-refractivity contribution in [3.63, 3.8) is 0 Å². The highest BCUT2D eigenvalue weighted by Crippen LogP contribution is 2.35. The lowest BCUT2D eigenvalue weighted by Crippen LogP contribution is -2.27. The van der Waals surface area contributed by atoms with Gasteiger partial charge in [0.05, 0.1) is 15.2 Å². The Kier molecular flexibility index (Phi) is 7.87. The molecule has 9 nitrogen and oxygen atoms in total. The van der Waals surface area contributed by atoms with Crippen LogP contribution in [0.15, 0.2) is 40.6 Å². The summed E-state index contributed by atoms with van der Waals surface area (Å²) in [6, 6.07) is 9.07. The van der Waals surface area contributed by atoms with Gasteiger partial charge in [-0.1, -0.05) is 29.8 Å². The first kappa shape index (κ1) is 27.7. The summed E-state index contributed by atoms with van der Waals surface area (Å²) in [6.07, 6.45) is 0. The summed E-state index contributed by atoms with van der Waals surface area (Å²) in [5, 5.41) is 3.12. The van der Waals surface area contributed by atoms with Gasteiger partial charge in [-0.05, 0) is 46.8 Å². The second kappa shape index (κ2) is 10.2. The maximum atomic E-state index is 13.4. The maximum absolute atomic E-state index is 13.4. The van der Waals surface area contributed by atoms with E-state index < -0.39 is 32.6 Å². The van der Waals surface area contributed by atoms with Crippen LogP contribution in [0.2, 0.25) is 5.02 Å². The highest BCUT2D eigenvalue weighted by Gasteiger charge is 2.32. The minimum Gasteiger partial charge on any atom is -0.455 e. The average Bonchev–Trinajstić information content (AvgIpc) is 3.34. The van der Waals surface area contributed by atoms with Crippen molar-refractivity contribution in [3.8, 4) is 5.69 Å². The molecule has 2 heterocycles. The molecule has 0 fully saturated rings. The number of amides is 1. The van der Waals surface area contributed by atoms with E-state index in [0.717, 1.165) is 11.3 Å². The maximum Gasteiger partial charge on any atom is 0.359 e. The Morgan fingerprint density at radius 2 is 1.78 bits per heavy atom. The molecular weight excluding hydrogens is 524 g/mol. The third-order valence-corrected chi connectivity index (χ3v) is 8.85. The van der Waals surface area contributed by atoms with Gasteiger partial charge in [-0.15, -0.1) is 11.3 Å². The number of carbonyl (C=O) groups excluding carboxylic acids is 2. The Bertz CT molecular complexity index is 1390. The molecule has 1 N–H and O–H groups in total. The van der Waals surface area contributed by atoms with E-state index >= 15 is 0 Å². The quantitative estimate of drug-likeness (QED) is 0.409. The largest absolute Gasteiger partial charge is 0.455 e. The van der Waals surface area contributed by atoms with Crippen LogP contribution < -0.4 is 10.2 Å². The molecular formula is C24H29ClN4O5S2. The molecule has 2 aromatic heterocycles. The zero-order valence-electron chi connectivity index (χ0n) is 21.1.